The standard InChI is InChI=1S/C18H23N3O3/c1-13-5-3-4-12-21(13)17(22)11-10-16-19-18(20-24-16)14-6-8-15(23-2)9-7-14/h6-9,13H,3-5,10-12H2,1-2H3/t13-/m0/s1. The van der Waals surface area contributed by atoms with Crippen molar-refractivity contribution in [3.05, 3.63) is 30.2 Å². The molecule has 0 radical (unpaired) electrons. The topological polar surface area (TPSA) is 68.5 Å². The summed E-state index contributed by atoms with van der Waals surface area (Å²) >= 11 is 0. The molecule has 2 aromatic rings. The summed E-state index contributed by atoms with van der Waals surface area (Å²) in [6.45, 7) is 2.98. The number of carbonyl (C=O) groups is 1. The summed E-state index contributed by atoms with van der Waals surface area (Å²) < 4.78 is 10.4. The number of piperidine rings is 1. The van der Waals surface area contributed by atoms with E-state index in [-0.39, 0.29) is 5.91 Å². The van der Waals surface area contributed by atoms with Crippen molar-refractivity contribution in [2.24, 2.45) is 0 Å². The van der Waals surface area contributed by atoms with Gasteiger partial charge in [0.2, 0.25) is 17.6 Å². The van der Waals surface area contributed by atoms with E-state index in [4.69, 9.17) is 9.26 Å². The first-order valence-corrected chi connectivity index (χ1v) is 8.44. The summed E-state index contributed by atoms with van der Waals surface area (Å²) in [6, 6.07) is 7.81. The summed E-state index contributed by atoms with van der Waals surface area (Å²) in [6.07, 6.45) is 4.28. The van der Waals surface area contributed by atoms with E-state index >= 15 is 0 Å². The molecule has 1 amide bonds. The Morgan fingerprint density at radius 2 is 2.12 bits per heavy atom. The normalized spacial score (nSPS) is 17.8. The third-order valence-electron chi connectivity index (χ3n) is 4.49. The van der Waals surface area contributed by atoms with Crippen LogP contribution in [-0.4, -0.2) is 40.6 Å². The average Bonchev–Trinajstić information content (AvgIpc) is 3.09. The molecule has 0 bridgehead atoms. The Labute approximate surface area is 141 Å². The van der Waals surface area contributed by atoms with Gasteiger partial charge in [-0.3, -0.25) is 4.79 Å². The van der Waals surface area contributed by atoms with E-state index in [0.29, 0.717) is 30.6 Å². The molecular weight excluding hydrogens is 306 g/mol. The van der Waals surface area contributed by atoms with Crippen LogP contribution in [0.15, 0.2) is 28.8 Å². The van der Waals surface area contributed by atoms with Crippen molar-refractivity contribution >= 4 is 5.91 Å². The first-order valence-electron chi connectivity index (χ1n) is 8.44. The van der Waals surface area contributed by atoms with Crippen LogP contribution in [0.4, 0.5) is 0 Å². The van der Waals surface area contributed by atoms with Crippen LogP contribution in [0.1, 0.15) is 38.5 Å². The van der Waals surface area contributed by atoms with Crippen molar-refractivity contribution in [2.45, 2.75) is 45.1 Å². The fourth-order valence-electron chi connectivity index (χ4n) is 3.04. The summed E-state index contributed by atoms with van der Waals surface area (Å²) in [4.78, 5) is 18.7. The zero-order chi connectivity index (χ0) is 16.9. The second-order valence-electron chi connectivity index (χ2n) is 6.17. The van der Waals surface area contributed by atoms with Crippen LogP contribution in [0.2, 0.25) is 0 Å². The lowest BCUT2D eigenvalue weighted by Gasteiger charge is -2.33. The molecule has 2 heterocycles. The van der Waals surface area contributed by atoms with Crippen LogP contribution < -0.4 is 4.74 Å². The van der Waals surface area contributed by atoms with Gasteiger partial charge in [-0.2, -0.15) is 4.98 Å². The van der Waals surface area contributed by atoms with Crippen LogP contribution in [0, 0.1) is 0 Å². The molecule has 0 N–H and O–H groups in total. The number of methoxy groups -OCH3 is 1. The van der Waals surface area contributed by atoms with Crippen molar-refractivity contribution in [1.29, 1.82) is 0 Å². The van der Waals surface area contributed by atoms with E-state index in [1.807, 2.05) is 29.2 Å². The number of carbonyl (C=O) groups excluding carboxylic acids is 1. The zero-order valence-electron chi connectivity index (χ0n) is 14.2. The van der Waals surface area contributed by atoms with Gasteiger partial charge in [-0.25, -0.2) is 0 Å². The molecule has 0 saturated carbocycles. The monoisotopic (exact) mass is 329 g/mol. The Balaban J connectivity index is 1.58. The number of benzene rings is 1. The quantitative estimate of drug-likeness (QED) is 0.843. The van der Waals surface area contributed by atoms with Gasteiger partial charge in [0.25, 0.3) is 0 Å². The molecule has 6 nitrogen and oxygen atoms in total. The SMILES string of the molecule is COc1ccc(-c2noc(CCC(=O)N3CCCC[C@@H]3C)n2)cc1. The summed E-state index contributed by atoms with van der Waals surface area (Å²) in [5.74, 6) is 1.99. The molecule has 1 atom stereocenters. The second-order valence-corrected chi connectivity index (χ2v) is 6.17. The predicted octanol–water partition coefficient (Wildman–Crippen LogP) is 3.08. The lowest BCUT2D eigenvalue weighted by Crippen LogP contribution is -2.42. The third kappa shape index (κ3) is 3.75. The van der Waals surface area contributed by atoms with Gasteiger partial charge in [-0.15, -0.1) is 0 Å². The maximum Gasteiger partial charge on any atom is 0.227 e. The number of ether oxygens (including phenoxy) is 1. The highest BCUT2D eigenvalue weighted by Crippen LogP contribution is 2.21. The average molecular weight is 329 g/mol. The Hall–Kier alpha value is -2.37. The van der Waals surface area contributed by atoms with Crippen molar-refractivity contribution in [3.8, 4) is 17.1 Å². The Morgan fingerprint density at radius 3 is 2.83 bits per heavy atom. The number of aryl methyl sites for hydroxylation is 1. The molecule has 0 aliphatic carbocycles. The molecule has 1 aliphatic heterocycles. The molecule has 128 valence electrons. The number of amides is 1. The van der Waals surface area contributed by atoms with E-state index in [0.717, 1.165) is 30.7 Å². The van der Waals surface area contributed by atoms with Gasteiger partial charge in [0, 0.05) is 31.0 Å². The van der Waals surface area contributed by atoms with Gasteiger partial charge in [0.1, 0.15) is 5.75 Å². The second kappa shape index (κ2) is 7.47. The van der Waals surface area contributed by atoms with E-state index < -0.39 is 0 Å². The molecule has 1 aromatic carbocycles. The highest BCUT2D eigenvalue weighted by molar-refractivity contribution is 5.76. The Morgan fingerprint density at radius 1 is 1.33 bits per heavy atom. The van der Waals surface area contributed by atoms with Gasteiger partial charge in [-0.05, 0) is 50.5 Å². The number of hydrogen-bond donors (Lipinski definition) is 0. The number of hydrogen-bond acceptors (Lipinski definition) is 5. The van der Waals surface area contributed by atoms with Crippen molar-refractivity contribution in [1.82, 2.24) is 15.0 Å². The largest absolute Gasteiger partial charge is 0.497 e. The van der Waals surface area contributed by atoms with Gasteiger partial charge in [-0.1, -0.05) is 5.16 Å². The third-order valence-corrected chi connectivity index (χ3v) is 4.49. The number of nitrogens with zero attached hydrogens (tertiary/aromatic N) is 3. The molecule has 1 aromatic heterocycles. The van der Waals surface area contributed by atoms with Crippen LogP contribution in [0.5, 0.6) is 5.75 Å². The van der Waals surface area contributed by atoms with Crippen LogP contribution in [0.3, 0.4) is 0 Å². The predicted molar refractivity (Wildman–Crippen MR) is 89.6 cm³/mol. The van der Waals surface area contributed by atoms with Crippen LogP contribution in [0.25, 0.3) is 11.4 Å². The highest BCUT2D eigenvalue weighted by atomic mass is 16.5. The minimum atomic E-state index is 0.173. The number of rotatable bonds is 5. The molecular formula is C18H23N3O3. The molecule has 6 heteroatoms. The first kappa shape index (κ1) is 16.5. The van der Waals surface area contributed by atoms with E-state index in [1.54, 1.807) is 7.11 Å². The lowest BCUT2D eigenvalue weighted by atomic mass is 10.0. The number of likely N-dealkylation sites (tertiary alicyclic amines) is 1. The Kier molecular flexibility index (Phi) is 5.13. The van der Waals surface area contributed by atoms with Gasteiger partial charge in [0.05, 0.1) is 7.11 Å². The van der Waals surface area contributed by atoms with Gasteiger partial charge >= 0.3 is 0 Å². The number of aromatic nitrogens is 2. The lowest BCUT2D eigenvalue weighted by molar-refractivity contribution is -0.134. The minimum absolute atomic E-state index is 0.173. The molecule has 0 spiro atoms. The van der Waals surface area contributed by atoms with Gasteiger partial charge < -0.3 is 14.2 Å². The highest BCUT2D eigenvalue weighted by Gasteiger charge is 2.23. The van der Waals surface area contributed by atoms with Crippen molar-refractivity contribution in [2.75, 3.05) is 13.7 Å². The molecule has 1 aliphatic rings. The minimum Gasteiger partial charge on any atom is -0.497 e. The van der Waals surface area contributed by atoms with E-state index in [1.165, 1.54) is 6.42 Å². The Bertz CT molecular complexity index is 681. The zero-order valence-corrected chi connectivity index (χ0v) is 14.2. The summed E-state index contributed by atoms with van der Waals surface area (Å²) in [5, 5.41) is 4.00. The smallest absolute Gasteiger partial charge is 0.227 e. The summed E-state index contributed by atoms with van der Waals surface area (Å²) in [5.41, 5.74) is 0.863. The molecule has 1 fully saturated rings. The van der Waals surface area contributed by atoms with E-state index in [9.17, 15) is 4.79 Å². The maximum absolute atomic E-state index is 12.4. The fourth-order valence-corrected chi connectivity index (χ4v) is 3.04. The molecule has 0 unspecified atom stereocenters. The molecule has 24 heavy (non-hydrogen) atoms. The van der Waals surface area contributed by atoms with E-state index in [2.05, 4.69) is 17.1 Å². The van der Waals surface area contributed by atoms with Gasteiger partial charge in [0.15, 0.2) is 0 Å². The maximum atomic E-state index is 12.4. The fraction of sp³-hybridized carbons (Fsp3) is 0.500. The summed E-state index contributed by atoms with van der Waals surface area (Å²) in [7, 11) is 1.63. The molecule has 3 rings (SSSR count). The first-order chi connectivity index (χ1) is 11.7. The van der Waals surface area contributed by atoms with Crippen molar-refractivity contribution < 1.29 is 14.1 Å². The van der Waals surface area contributed by atoms with Crippen LogP contribution >= 0.6 is 0 Å². The molecule has 1 saturated heterocycles. The van der Waals surface area contributed by atoms with Crippen molar-refractivity contribution in [3.63, 3.8) is 0 Å². The van der Waals surface area contributed by atoms with Crippen LogP contribution in [-0.2, 0) is 11.2 Å².